The Morgan fingerprint density at radius 2 is 1.59 bits per heavy atom. The van der Waals surface area contributed by atoms with Crippen LogP contribution in [-0.2, 0) is 19.1 Å². The summed E-state index contributed by atoms with van der Waals surface area (Å²) >= 11 is 0. The quantitative estimate of drug-likeness (QED) is 0.403. The highest BCUT2D eigenvalue weighted by molar-refractivity contribution is 6.22. The number of carbonyl (C=O) groups excluding carboxylic acids is 5. The number of ketones is 1. The molecule has 3 amide bonds. The van der Waals surface area contributed by atoms with E-state index in [0.717, 1.165) is 19.3 Å². The zero-order valence-electron chi connectivity index (χ0n) is 18.7. The van der Waals surface area contributed by atoms with Crippen molar-refractivity contribution >= 4 is 40.8 Å². The lowest BCUT2D eigenvalue weighted by Gasteiger charge is -2.19. The standard InChI is InChI=1S/C26H24N2O6/c1-14(29)15-7-9-19(10-8-15)27-21(30)13-34-26(33)18-3-2-4-20(12-18)28-24(31)22-16-5-6-17(11-16)23(22)25(28)32/h2-4,7-10,12,16-17,22-23H,5-6,11,13H2,1H3,(H,27,30)/t16-,17-,22-,23+/m0/s1. The molecule has 2 aromatic carbocycles. The first-order valence-electron chi connectivity index (χ1n) is 11.4. The molecule has 3 fully saturated rings. The predicted molar refractivity (Wildman–Crippen MR) is 122 cm³/mol. The van der Waals surface area contributed by atoms with E-state index >= 15 is 0 Å². The molecule has 2 aliphatic carbocycles. The Hall–Kier alpha value is -3.81. The minimum absolute atomic E-state index is 0.0815. The van der Waals surface area contributed by atoms with Crippen LogP contribution < -0.4 is 10.2 Å². The molecule has 34 heavy (non-hydrogen) atoms. The van der Waals surface area contributed by atoms with Crippen molar-refractivity contribution in [1.82, 2.24) is 0 Å². The Morgan fingerprint density at radius 3 is 2.21 bits per heavy atom. The third-order valence-electron chi connectivity index (χ3n) is 7.18. The average molecular weight is 460 g/mol. The number of carbonyl (C=O) groups is 5. The molecule has 8 heteroatoms. The fraction of sp³-hybridized carbons (Fsp3) is 0.346. The maximum absolute atomic E-state index is 13.0. The van der Waals surface area contributed by atoms with E-state index in [0.29, 0.717) is 16.9 Å². The van der Waals surface area contributed by atoms with Crippen molar-refractivity contribution in [2.45, 2.75) is 26.2 Å². The summed E-state index contributed by atoms with van der Waals surface area (Å²) < 4.78 is 5.12. The van der Waals surface area contributed by atoms with Crippen molar-refractivity contribution in [3.63, 3.8) is 0 Å². The molecule has 3 aliphatic rings. The number of rotatable bonds is 6. The number of ether oxygens (including phenoxy) is 1. The van der Waals surface area contributed by atoms with Crippen LogP contribution in [0.2, 0.25) is 0 Å². The van der Waals surface area contributed by atoms with Crippen LogP contribution in [0.1, 0.15) is 46.9 Å². The Balaban J connectivity index is 1.22. The van der Waals surface area contributed by atoms with Crippen molar-refractivity contribution in [3.05, 3.63) is 59.7 Å². The molecular formula is C26H24N2O6. The number of fused-ring (bicyclic) bond motifs is 5. The minimum atomic E-state index is -0.733. The van der Waals surface area contributed by atoms with Gasteiger partial charge in [-0.05, 0) is 80.5 Å². The Kier molecular flexibility index (Phi) is 5.51. The number of Topliss-reactive ketones (excluding diaryl/α,β-unsaturated/α-hetero) is 1. The van der Waals surface area contributed by atoms with Gasteiger partial charge in [0.25, 0.3) is 5.91 Å². The maximum atomic E-state index is 13.0. The number of nitrogens with one attached hydrogen (secondary N) is 1. The normalized spacial score (nSPS) is 24.8. The molecule has 0 radical (unpaired) electrons. The van der Waals surface area contributed by atoms with Gasteiger partial charge in [-0.1, -0.05) is 6.07 Å². The van der Waals surface area contributed by atoms with E-state index in [1.165, 1.54) is 24.0 Å². The Bertz CT molecular complexity index is 1180. The molecule has 0 aromatic heterocycles. The van der Waals surface area contributed by atoms with Gasteiger partial charge in [-0.15, -0.1) is 0 Å². The monoisotopic (exact) mass is 460 g/mol. The molecule has 4 atom stereocenters. The Labute approximate surface area is 196 Å². The minimum Gasteiger partial charge on any atom is -0.452 e. The third kappa shape index (κ3) is 3.79. The molecule has 2 saturated carbocycles. The van der Waals surface area contributed by atoms with Crippen LogP contribution in [-0.4, -0.2) is 36.1 Å². The number of amides is 3. The number of benzene rings is 2. The van der Waals surface area contributed by atoms with Gasteiger partial charge in [0.2, 0.25) is 11.8 Å². The molecule has 1 saturated heterocycles. The Morgan fingerprint density at radius 1 is 0.941 bits per heavy atom. The smallest absolute Gasteiger partial charge is 0.338 e. The molecule has 5 rings (SSSR count). The van der Waals surface area contributed by atoms with Crippen molar-refractivity contribution in [2.24, 2.45) is 23.7 Å². The summed E-state index contributed by atoms with van der Waals surface area (Å²) in [5, 5.41) is 2.59. The number of hydrogen-bond donors (Lipinski definition) is 1. The van der Waals surface area contributed by atoms with Crippen LogP contribution in [0.15, 0.2) is 48.5 Å². The van der Waals surface area contributed by atoms with Gasteiger partial charge in [0, 0.05) is 11.3 Å². The van der Waals surface area contributed by atoms with Crippen molar-refractivity contribution in [2.75, 3.05) is 16.8 Å². The molecule has 0 unspecified atom stereocenters. The van der Waals surface area contributed by atoms with Gasteiger partial charge in [-0.2, -0.15) is 0 Å². The lowest BCUT2D eigenvalue weighted by molar-refractivity contribution is -0.123. The van der Waals surface area contributed by atoms with Gasteiger partial charge < -0.3 is 10.1 Å². The van der Waals surface area contributed by atoms with Gasteiger partial charge in [-0.3, -0.25) is 24.1 Å². The van der Waals surface area contributed by atoms with Crippen LogP contribution in [0.25, 0.3) is 0 Å². The number of nitrogens with zero attached hydrogens (tertiary/aromatic N) is 1. The largest absolute Gasteiger partial charge is 0.452 e. The first-order valence-corrected chi connectivity index (χ1v) is 11.4. The summed E-state index contributed by atoms with van der Waals surface area (Å²) in [6, 6.07) is 12.6. The van der Waals surface area contributed by atoms with Gasteiger partial charge in [0.05, 0.1) is 23.1 Å². The fourth-order valence-electron chi connectivity index (χ4n) is 5.63. The van der Waals surface area contributed by atoms with E-state index < -0.39 is 18.5 Å². The molecule has 1 heterocycles. The molecule has 1 N–H and O–H groups in total. The molecule has 2 bridgehead atoms. The fourth-order valence-corrected chi connectivity index (χ4v) is 5.63. The van der Waals surface area contributed by atoms with Crippen molar-refractivity contribution in [3.8, 4) is 0 Å². The first kappa shape index (κ1) is 22.0. The third-order valence-corrected chi connectivity index (χ3v) is 7.18. The second-order valence-electron chi connectivity index (χ2n) is 9.20. The lowest BCUT2D eigenvalue weighted by Crippen LogP contribution is -2.32. The van der Waals surface area contributed by atoms with E-state index in [9.17, 15) is 24.0 Å². The van der Waals surface area contributed by atoms with Crippen LogP contribution in [0.4, 0.5) is 11.4 Å². The zero-order chi connectivity index (χ0) is 24.0. The van der Waals surface area contributed by atoms with Crippen LogP contribution in [0, 0.1) is 23.7 Å². The molecular weight excluding hydrogens is 436 g/mol. The number of imide groups is 1. The summed E-state index contributed by atoms with van der Waals surface area (Å²) in [6.45, 7) is 0.944. The average Bonchev–Trinajstić information content (AvgIpc) is 3.51. The van der Waals surface area contributed by atoms with Crippen LogP contribution in [0.3, 0.4) is 0 Å². The van der Waals surface area contributed by atoms with E-state index in [1.54, 1.807) is 36.4 Å². The molecule has 0 spiro atoms. The lowest BCUT2D eigenvalue weighted by atomic mass is 9.81. The highest BCUT2D eigenvalue weighted by atomic mass is 16.5. The van der Waals surface area contributed by atoms with Gasteiger partial charge >= 0.3 is 5.97 Å². The van der Waals surface area contributed by atoms with Crippen LogP contribution in [0.5, 0.6) is 0 Å². The number of anilines is 2. The van der Waals surface area contributed by atoms with Crippen molar-refractivity contribution < 1.29 is 28.7 Å². The first-order chi connectivity index (χ1) is 16.3. The summed E-state index contributed by atoms with van der Waals surface area (Å²) in [7, 11) is 0. The predicted octanol–water partition coefficient (Wildman–Crippen LogP) is 3.22. The van der Waals surface area contributed by atoms with E-state index in [4.69, 9.17) is 4.74 Å². The van der Waals surface area contributed by atoms with Crippen molar-refractivity contribution in [1.29, 1.82) is 0 Å². The van der Waals surface area contributed by atoms with Gasteiger partial charge in [-0.25, -0.2) is 4.79 Å². The maximum Gasteiger partial charge on any atom is 0.338 e. The topological polar surface area (TPSA) is 110 Å². The molecule has 174 valence electrons. The highest BCUT2D eigenvalue weighted by Crippen LogP contribution is 2.56. The highest BCUT2D eigenvalue weighted by Gasteiger charge is 2.61. The summed E-state index contributed by atoms with van der Waals surface area (Å²) in [5.41, 5.74) is 1.50. The number of hydrogen-bond acceptors (Lipinski definition) is 6. The summed E-state index contributed by atoms with van der Waals surface area (Å²) in [5.74, 6) is -1.63. The number of esters is 1. The van der Waals surface area contributed by atoms with Crippen LogP contribution >= 0.6 is 0 Å². The molecule has 1 aliphatic heterocycles. The molecule has 2 aromatic rings. The summed E-state index contributed by atoms with van der Waals surface area (Å²) in [6.07, 6.45) is 2.94. The molecule has 8 nitrogen and oxygen atoms in total. The zero-order valence-corrected chi connectivity index (χ0v) is 18.7. The van der Waals surface area contributed by atoms with E-state index in [1.807, 2.05) is 0 Å². The SMILES string of the molecule is CC(=O)c1ccc(NC(=O)COC(=O)c2cccc(N3C(=O)[C@@H]4[C@H]5CC[C@@H](C5)[C@@H]4C3=O)c2)cc1. The second-order valence-corrected chi connectivity index (χ2v) is 9.20. The second kappa shape index (κ2) is 8.52. The van der Waals surface area contributed by atoms with Gasteiger partial charge in [0.15, 0.2) is 12.4 Å². The van der Waals surface area contributed by atoms with Gasteiger partial charge in [0.1, 0.15) is 0 Å². The summed E-state index contributed by atoms with van der Waals surface area (Å²) in [4.78, 5) is 63.3. The van der Waals surface area contributed by atoms with E-state index in [2.05, 4.69) is 5.32 Å². The van der Waals surface area contributed by atoms with E-state index in [-0.39, 0.29) is 46.8 Å².